The summed E-state index contributed by atoms with van der Waals surface area (Å²) in [6.45, 7) is 3.46. The number of hydrogen-bond donors (Lipinski definition) is 1. The van der Waals surface area contributed by atoms with Crippen LogP contribution in [-0.4, -0.2) is 27.3 Å². The van der Waals surface area contributed by atoms with Crippen molar-refractivity contribution in [2.45, 2.75) is 33.9 Å². The van der Waals surface area contributed by atoms with Crippen LogP contribution in [0.2, 0.25) is 0 Å². The SMILES string of the molecule is CCn1ncc(-c2cc(C(=O)Nc3cc(C)ccc3OC(F)F)c3ccccc3n2)c1C. The lowest BCUT2D eigenvalue weighted by Crippen LogP contribution is -2.15. The maximum Gasteiger partial charge on any atom is 0.387 e. The predicted molar refractivity (Wildman–Crippen MR) is 119 cm³/mol. The molecule has 4 rings (SSSR count). The molecular formula is C24H22F2N4O2. The normalized spacial score (nSPS) is 11.2. The molecule has 1 amide bonds. The Hall–Kier alpha value is -3.81. The van der Waals surface area contributed by atoms with E-state index in [0.717, 1.165) is 16.8 Å². The smallest absolute Gasteiger partial charge is 0.387 e. The van der Waals surface area contributed by atoms with Gasteiger partial charge in [-0.2, -0.15) is 13.9 Å². The van der Waals surface area contributed by atoms with Crippen LogP contribution in [0, 0.1) is 13.8 Å². The maximum absolute atomic E-state index is 13.3. The number of amides is 1. The van der Waals surface area contributed by atoms with Crippen molar-refractivity contribution in [2.75, 3.05) is 5.32 Å². The highest BCUT2D eigenvalue weighted by Gasteiger charge is 2.19. The minimum Gasteiger partial charge on any atom is -0.433 e. The molecule has 2 aromatic heterocycles. The van der Waals surface area contributed by atoms with Crippen LogP contribution in [-0.2, 0) is 6.54 Å². The average Bonchev–Trinajstić information content (AvgIpc) is 3.15. The topological polar surface area (TPSA) is 69.0 Å². The zero-order valence-corrected chi connectivity index (χ0v) is 17.9. The first-order valence-electron chi connectivity index (χ1n) is 10.2. The van der Waals surface area contributed by atoms with E-state index in [1.54, 1.807) is 37.4 Å². The van der Waals surface area contributed by atoms with Crippen molar-refractivity contribution < 1.29 is 18.3 Å². The van der Waals surface area contributed by atoms with Gasteiger partial charge in [0.05, 0.1) is 28.7 Å². The first-order valence-corrected chi connectivity index (χ1v) is 10.2. The minimum atomic E-state index is -3.00. The number of nitrogens with zero attached hydrogens (tertiary/aromatic N) is 3. The molecule has 0 aliphatic carbocycles. The van der Waals surface area contributed by atoms with E-state index in [2.05, 4.69) is 15.2 Å². The highest BCUT2D eigenvalue weighted by atomic mass is 19.3. The van der Waals surface area contributed by atoms with Gasteiger partial charge < -0.3 is 10.1 Å². The van der Waals surface area contributed by atoms with Crippen molar-refractivity contribution in [2.24, 2.45) is 0 Å². The molecule has 0 unspecified atom stereocenters. The number of ether oxygens (including phenoxy) is 1. The van der Waals surface area contributed by atoms with Gasteiger partial charge in [-0.05, 0) is 50.6 Å². The first kappa shape index (κ1) is 21.4. The quantitative estimate of drug-likeness (QED) is 0.428. The van der Waals surface area contributed by atoms with Crippen LogP contribution < -0.4 is 10.1 Å². The third-order valence-corrected chi connectivity index (χ3v) is 5.24. The summed E-state index contributed by atoms with van der Waals surface area (Å²) >= 11 is 0. The summed E-state index contributed by atoms with van der Waals surface area (Å²) in [6.07, 6.45) is 1.73. The van der Waals surface area contributed by atoms with Crippen molar-refractivity contribution in [1.29, 1.82) is 0 Å². The van der Waals surface area contributed by atoms with E-state index in [9.17, 15) is 13.6 Å². The standard InChI is InChI=1S/C24H22F2N4O2/c1-4-30-15(3)18(13-27-30)20-12-17(16-7-5-6-8-19(16)28-20)23(31)29-21-11-14(2)9-10-22(21)32-24(25)26/h5-13,24H,4H2,1-3H3,(H,29,31). The molecule has 32 heavy (non-hydrogen) atoms. The van der Waals surface area contributed by atoms with Gasteiger partial charge >= 0.3 is 6.61 Å². The molecule has 4 aromatic rings. The third-order valence-electron chi connectivity index (χ3n) is 5.24. The number of anilines is 1. The van der Waals surface area contributed by atoms with E-state index in [0.29, 0.717) is 28.7 Å². The van der Waals surface area contributed by atoms with E-state index in [-0.39, 0.29) is 11.4 Å². The second-order valence-electron chi connectivity index (χ2n) is 7.36. The summed E-state index contributed by atoms with van der Waals surface area (Å²) < 4.78 is 32.1. The fourth-order valence-corrected chi connectivity index (χ4v) is 3.65. The predicted octanol–water partition coefficient (Wildman–Crippen LogP) is 5.59. The first-order chi connectivity index (χ1) is 15.4. The van der Waals surface area contributed by atoms with Crippen molar-refractivity contribution in [1.82, 2.24) is 14.8 Å². The van der Waals surface area contributed by atoms with Crippen LogP contribution in [0.3, 0.4) is 0 Å². The lowest BCUT2D eigenvalue weighted by atomic mass is 10.0. The molecule has 0 fully saturated rings. The Morgan fingerprint density at radius 2 is 1.94 bits per heavy atom. The number of fused-ring (bicyclic) bond motifs is 1. The summed E-state index contributed by atoms with van der Waals surface area (Å²) in [5, 5.41) is 7.75. The Labute approximate surface area is 183 Å². The largest absolute Gasteiger partial charge is 0.433 e. The van der Waals surface area contributed by atoms with Gasteiger partial charge in [-0.1, -0.05) is 24.3 Å². The molecule has 0 saturated carbocycles. The molecule has 2 heterocycles. The van der Waals surface area contributed by atoms with Gasteiger partial charge in [0.25, 0.3) is 5.91 Å². The summed E-state index contributed by atoms with van der Waals surface area (Å²) in [4.78, 5) is 18.0. The number of carbonyl (C=O) groups excluding carboxylic acids is 1. The van der Waals surface area contributed by atoms with Crippen molar-refractivity contribution in [3.63, 3.8) is 0 Å². The fourth-order valence-electron chi connectivity index (χ4n) is 3.65. The molecule has 0 spiro atoms. The number of aromatic nitrogens is 3. The van der Waals surface area contributed by atoms with Gasteiger partial charge in [0, 0.05) is 23.2 Å². The van der Waals surface area contributed by atoms with Gasteiger partial charge in [0.2, 0.25) is 0 Å². The lowest BCUT2D eigenvalue weighted by Gasteiger charge is -2.14. The zero-order valence-electron chi connectivity index (χ0n) is 17.9. The number of pyridine rings is 1. The second-order valence-corrected chi connectivity index (χ2v) is 7.36. The number of halogens is 2. The summed E-state index contributed by atoms with van der Waals surface area (Å²) in [7, 11) is 0. The third kappa shape index (κ3) is 4.16. The van der Waals surface area contributed by atoms with Gasteiger partial charge in [-0.3, -0.25) is 9.48 Å². The molecule has 0 aliphatic heterocycles. The highest BCUT2D eigenvalue weighted by molar-refractivity contribution is 6.13. The van der Waals surface area contributed by atoms with E-state index in [1.165, 1.54) is 6.07 Å². The van der Waals surface area contributed by atoms with Crippen molar-refractivity contribution >= 4 is 22.5 Å². The Bertz CT molecular complexity index is 1300. The number of aryl methyl sites for hydroxylation is 2. The van der Waals surface area contributed by atoms with Crippen LogP contribution >= 0.6 is 0 Å². The molecule has 164 valence electrons. The molecule has 0 bridgehead atoms. The van der Waals surface area contributed by atoms with Crippen molar-refractivity contribution in [3.8, 4) is 17.0 Å². The van der Waals surface area contributed by atoms with E-state index in [1.807, 2.05) is 36.7 Å². The number of rotatable bonds is 6. The Morgan fingerprint density at radius 1 is 1.16 bits per heavy atom. The summed E-state index contributed by atoms with van der Waals surface area (Å²) in [5.74, 6) is -0.548. The van der Waals surface area contributed by atoms with Gasteiger partial charge in [-0.25, -0.2) is 4.98 Å². The van der Waals surface area contributed by atoms with E-state index < -0.39 is 12.5 Å². The Morgan fingerprint density at radius 3 is 2.66 bits per heavy atom. The van der Waals surface area contributed by atoms with Gasteiger partial charge in [0.15, 0.2) is 0 Å². The summed E-state index contributed by atoms with van der Waals surface area (Å²) in [6, 6.07) is 13.6. The average molecular weight is 436 g/mol. The summed E-state index contributed by atoms with van der Waals surface area (Å²) in [5.41, 5.74) is 4.36. The van der Waals surface area contributed by atoms with Crippen LogP contribution in [0.4, 0.5) is 14.5 Å². The Balaban J connectivity index is 1.80. The molecule has 0 aliphatic rings. The second kappa shape index (κ2) is 8.74. The fraction of sp³-hybridized carbons (Fsp3) is 0.208. The molecule has 8 heteroatoms. The van der Waals surface area contributed by atoms with Crippen LogP contribution in [0.15, 0.2) is 54.7 Å². The molecule has 0 saturated heterocycles. The molecular weight excluding hydrogens is 414 g/mol. The van der Waals surface area contributed by atoms with Crippen LogP contribution in [0.5, 0.6) is 5.75 Å². The number of hydrogen-bond acceptors (Lipinski definition) is 4. The maximum atomic E-state index is 13.3. The molecule has 0 atom stereocenters. The number of nitrogens with one attached hydrogen (secondary N) is 1. The van der Waals surface area contributed by atoms with Crippen molar-refractivity contribution in [3.05, 3.63) is 71.5 Å². The number of carbonyl (C=O) groups is 1. The number of alkyl halides is 2. The van der Waals surface area contributed by atoms with Crippen LogP contribution in [0.25, 0.3) is 22.2 Å². The van der Waals surface area contributed by atoms with E-state index >= 15 is 0 Å². The van der Waals surface area contributed by atoms with Crippen LogP contribution in [0.1, 0.15) is 28.5 Å². The molecule has 2 aromatic carbocycles. The number of para-hydroxylation sites is 1. The Kier molecular flexibility index (Phi) is 5.85. The molecule has 0 radical (unpaired) electrons. The van der Waals surface area contributed by atoms with E-state index in [4.69, 9.17) is 4.98 Å². The molecule has 6 nitrogen and oxygen atoms in total. The van der Waals surface area contributed by atoms with Gasteiger partial charge in [0.1, 0.15) is 5.75 Å². The monoisotopic (exact) mass is 436 g/mol. The zero-order chi connectivity index (χ0) is 22.8. The number of benzene rings is 2. The molecule has 1 N–H and O–H groups in total. The lowest BCUT2D eigenvalue weighted by molar-refractivity contribution is -0.0493. The van der Waals surface area contributed by atoms with Gasteiger partial charge in [-0.15, -0.1) is 0 Å². The highest BCUT2D eigenvalue weighted by Crippen LogP contribution is 2.30. The minimum absolute atomic E-state index is 0.0994.